The Morgan fingerprint density at radius 3 is 2.33 bits per heavy atom. The van der Waals surface area contributed by atoms with Gasteiger partial charge >= 0.3 is 0 Å². The first-order valence-corrected chi connectivity index (χ1v) is 12.2. The van der Waals surface area contributed by atoms with Gasteiger partial charge in [-0.3, -0.25) is 4.79 Å². The van der Waals surface area contributed by atoms with E-state index in [9.17, 15) is 40.5 Å². The van der Waals surface area contributed by atoms with Crippen LogP contribution in [-0.2, 0) is 14.2 Å². The van der Waals surface area contributed by atoms with E-state index in [2.05, 4.69) is 0 Å². The zero-order chi connectivity index (χ0) is 28.7. The summed E-state index contributed by atoms with van der Waals surface area (Å²) in [6.45, 7) is -0.611. The summed E-state index contributed by atoms with van der Waals surface area (Å²) in [5.41, 5.74) is 0.554. The van der Waals surface area contributed by atoms with Crippen LogP contribution in [0.2, 0.25) is 0 Å². The van der Waals surface area contributed by atoms with Crippen LogP contribution in [0.4, 0.5) is 0 Å². The average Bonchev–Trinajstić information content (AvgIpc) is 3.25. The molecule has 8 atom stereocenters. The molecule has 40 heavy (non-hydrogen) atoms. The molecule has 0 aliphatic carbocycles. The number of carbonyl (C=O) groups excluding carboxylic acids is 1. The van der Waals surface area contributed by atoms with Crippen molar-refractivity contribution in [3.05, 3.63) is 47.2 Å². The second-order valence-corrected chi connectivity index (χ2v) is 9.39. The molecule has 2 saturated heterocycles. The summed E-state index contributed by atoms with van der Waals surface area (Å²) in [6.07, 6.45) is -10.2. The van der Waals surface area contributed by atoms with Gasteiger partial charge in [0.15, 0.2) is 35.0 Å². The van der Waals surface area contributed by atoms with Crippen molar-refractivity contribution in [2.45, 2.75) is 49.2 Å². The number of allylic oxidation sites excluding steroid dienone is 1. The molecular formula is C26H28O14. The zero-order valence-corrected chi connectivity index (χ0v) is 21.0. The van der Waals surface area contributed by atoms with Crippen LogP contribution in [0.15, 0.2) is 36.1 Å². The Kier molecular flexibility index (Phi) is 7.85. The number of aromatic hydroxyl groups is 2. The molecule has 8 unspecified atom stereocenters. The summed E-state index contributed by atoms with van der Waals surface area (Å²) in [4.78, 5) is 12.9. The Balaban J connectivity index is 1.29. The van der Waals surface area contributed by atoms with Crippen molar-refractivity contribution < 1.29 is 69.0 Å². The monoisotopic (exact) mass is 564 g/mol. The molecule has 0 spiro atoms. The maximum Gasteiger partial charge on any atom is 0.232 e. The molecule has 5 rings (SSSR count). The van der Waals surface area contributed by atoms with Gasteiger partial charge in [0.1, 0.15) is 36.6 Å². The van der Waals surface area contributed by atoms with Crippen LogP contribution >= 0.6 is 0 Å². The zero-order valence-electron chi connectivity index (χ0n) is 21.0. The molecule has 14 heteroatoms. The molecule has 14 nitrogen and oxygen atoms in total. The molecule has 3 aliphatic rings. The number of phenols is 2. The van der Waals surface area contributed by atoms with Crippen molar-refractivity contribution in [2.24, 2.45) is 0 Å². The number of phenolic OH excluding ortho intramolecular Hbond substituents is 2. The number of benzene rings is 2. The Bertz CT molecular complexity index is 1290. The Morgan fingerprint density at radius 1 is 0.875 bits per heavy atom. The second-order valence-electron chi connectivity index (χ2n) is 9.39. The van der Waals surface area contributed by atoms with E-state index >= 15 is 0 Å². The van der Waals surface area contributed by atoms with Crippen molar-refractivity contribution in [2.75, 3.05) is 20.3 Å². The maximum atomic E-state index is 12.9. The number of rotatable bonds is 6. The molecular weight excluding hydrogens is 536 g/mol. The van der Waals surface area contributed by atoms with E-state index < -0.39 is 55.0 Å². The number of methoxy groups -OCH3 is 1. The first kappa shape index (κ1) is 28.1. The third-order valence-electron chi connectivity index (χ3n) is 6.70. The van der Waals surface area contributed by atoms with Crippen molar-refractivity contribution >= 4 is 11.9 Å². The van der Waals surface area contributed by atoms with Crippen LogP contribution in [0.5, 0.6) is 28.7 Å². The van der Waals surface area contributed by atoms with E-state index in [4.69, 9.17) is 28.4 Å². The fourth-order valence-electron chi connectivity index (χ4n) is 4.46. The third-order valence-corrected chi connectivity index (χ3v) is 6.70. The van der Waals surface area contributed by atoms with Gasteiger partial charge in [0, 0.05) is 0 Å². The van der Waals surface area contributed by atoms with E-state index in [0.717, 1.165) is 0 Å². The van der Waals surface area contributed by atoms with E-state index in [1.807, 2.05) is 0 Å². The fraction of sp³-hybridized carbons (Fsp3) is 0.423. The third kappa shape index (κ3) is 5.18. The minimum Gasteiger partial charge on any atom is -0.504 e. The van der Waals surface area contributed by atoms with Crippen LogP contribution in [0, 0.1) is 0 Å². The molecule has 0 saturated carbocycles. The van der Waals surface area contributed by atoms with Crippen molar-refractivity contribution in [1.29, 1.82) is 0 Å². The smallest absolute Gasteiger partial charge is 0.232 e. The van der Waals surface area contributed by atoms with Gasteiger partial charge in [0.05, 0.1) is 25.9 Å². The number of ketones is 1. The largest absolute Gasteiger partial charge is 0.504 e. The summed E-state index contributed by atoms with van der Waals surface area (Å²) in [6, 6.07) is 6.81. The molecule has 3 aliphatic heterocycles. The second kappa shape index (κ2) is 11.2. The van der Waals surface area contributed by atoms with Crippen LogP contribution < -0.4 is 14.2 Å². The fourth-order valence-corrected chi connectivity index (χ4v) is 4.46. The lowest BCUT2D eigenvalue weighted by Crippen LogP contribution is -2.60. The lowest BCUT2D eigenvalue weighted by molar-refractivity contribution is -0.320. The van der Waals surface area contributed by atoms with E-state index in [1.165, 1.54) is 43.5 Å². The van der Waals surface area contributed by atoms with Crippen molar-refractivity contribution in [3.8, 4) is 28.7 Å². The molecule has 2 fully saturated rings. The van der Waals surface area contributed by atoms with Gasteiger partial charge in [-0.2, -0.15) is 0 Å². The Morgan fingerprint density at radius 2 is 1.60 bits per heavy atom. The number of Topliss-reactive ketones (excluding diaryl/α,β-unsaturated/α-hetero) is 1. The summed E-state index contributed by atoms with van der Waals surface area (Å²) in [5.74, 6) is -1.16. The highest BCUT2D eigenvalue weighted by Crippen LogP contribution is 2.46. The van der Waals surface area contributed by atoms with Gasteiger partial charge < -0.3 is 64.2 Å². The SMILES string of the molecule is COc1c(OC2OCC(OC3OCC(O)C(O)C3O)C(O)C2O)ccc2c1OC(=Cc1ccc(O)c(O)c1)C2=O. The number of aliphatic hydroxyl groups excluding tert-OH is 5. The lowest BCUT2D eigenvalue weighted by Gasteiger charge is -2.41. The summed E-state index contributed by atoms with van der Waals surface area (Å²) in [5, 5.41) is 70.0. The molecule has 2 aromatic rings. The topological polar surface area (TPSA) is 214 Å². The first-order chi connectivity index (χ1) is 19.1. The number of hydrogen-bond donors (Lipinski definition) is 7. The summed E-state index contributed by atoms with van der Waals surface area (Å²) < 4.78 is 33.1. The van der Waals surface area contributed by atoms with Crippen LogP contribution in [0.3, 0.4) is 0 Å². The van der Waals surface area contributed by atoms with E-state index in [-0.39, 0.29) is 53.3 Å². The van der Waals surface area contributed by atoms with Crippen molar-refractivity contribution in [3.63, 3.8) is 0 Å². The van der Waals surface area contributed by atoms with Gasteiger partial charge in [-0.25, -0.2) is 0 Å². The number of carbonyl (C=O) groups is 1. The minimum atomic E-state index is -1.65. The predicted octanol–water partition coefficient (Wildman–Crippen LogP) is -0.996. The average molecular weight is 564 g/mol. The van der Waals surface area contributed by atoms with E-state index in [0.29, 0.717) is 5.56 Å². The number of ether oxygens (including phenoxy) is 6. The van der Waals surface area contributed by atoms with Gasteiger partial charge in [0.2, 0.25) is 17.8 Å². The highest BCUT2D eigenvalue weighted by Gasteiger charge is 2.46. The predicted molar refractivity (Wildman–Crippen MR) is 131 cm³/mol. The highest BCUT2D eigenvalue weighted by molar-refractivity contribution is 6.15. The van der Waals surface area contributed by atoms with Crippen LogP contribution in [0.25, 0.3) is 6.08 Å². The normalized spacial score (nSPS) is 33.0. The Labute approximate surface area is 226 Å². The number of hydrogen-bond acceptors (Lipinski definition) is 14. The number of aliphatic hydroxyl groups is 5. The standard InChI is InChI=1S/C26H28O14/c1-35-24-15(5-3-11-18(30)16(38-23(11)24)7-10-2-4-12(27)13(28)6-10)39-26-22(34)20(32)17(9-37-26)40-25-21(33)19(31)14(29)8-36-25/h2-7,14,17,19-22,25-29,31-34H,8-9H2,1H3. The molecule has 0 amide bonds. The molecule has 0 radical (unpaired) electrons. The quantitative estimate of drug-likeness (QED) is 0.166. The molecule has 2 aromatic carbocycles. The summed E-state index contributed by atoms with van der Waals surface area (Å²) in [7, 11) is 1.31. The molecule has 7 N–H and O–H groups in total. The highest BCUT2D eigenvalue weighted by atomic mass is 16.7. The molecule has 216 valence electrons. The molecule has 0 aromatic heterocycles. The van der Waals surface area contributed by atoms with Crippen LogP contribution in [-0.4, -0.2) is 111 Å². The minimum absolute atomic E-state index is 0.0118. The lowest BCUT2D eigenvalue weighted by atomic mass is 10.0. The number of fused-ring (bicyclic) bond motifs is 1. The van der Waals surface area contributed by atoms with Gasteiger partial charge in [-0.15, -0.1) is 0 Å². The van der Waals surface area contributed by atoms with E-state index in [1.54, 1.807) is 0 Å². The molecule has 3 heterocycles. The van der Waals surface area contributed by atoms with Crippen LogP contribution in [0.1, 0.15) is 15.9 Å². The van der Waals surface area contributed by atoms with Crippen molar-refractivity contribution in [1.82, 2.24) is 0 Å². The summed E-state index contributed by atoms with van der Waals surface area (Å²) >= 11 is 0. The maximum absolute atomic E-state index is 12.9. The van der Waals surface area contributed by atoms with Gasteiger partial charge in [-0.1, -0.05) is 6.07 Å². The molecule has 0 bridgehead atoms. The van der Waals surface area contributed by atoms with Gasteiger partial charge in [0.25, 0.3) is 0 Å². The Hall–Kier alpha value is -3.47. The first-order valence-electron chi connectivity index (χ1n) is 12.2. The van der Waals surface area contributed by atoms with Gasteiger partial charge in [-0.05, 0) is 35.9 Å².